The van der Waals surface area contributed by atoms with Gasteiger partial charge in [-0.2, -0.15) is 13.2 Å². The van der Waals surface area contributed by atoms with E-state index in [-0.39, 0.29) is 12.4 Å². The molecule has 2 nitrogen and oxygen atoms in total. The number of benzene rings is 2. The van der Waals surface area contributed by atoms with Crippen molar-refractivity contribution in [3.63, 3.8) is 0 Å². The average Bonchev–Trinajstić information content (AvgIpc) is 3.10. The van der Waals surface area contributed by atoms with Crippen LogP contribution < -0.4 is 4.74 Å². The van der Waals surface area contributed by atoms with Crippen LogP contribution in [0, 0.1) is 6.92 Å². The molecule has 2 aromatic carbocycles. The summed E-state index contributed by atoms with van der Waals surface area (Å²) in [6.45, 7) is 2.12. The van der Waals surface area contributed by atoms with Crippen LogP contribution in [0.5, 0.6) is 5.75 Å². The summed E-state index contributed by atoms with van der Waals surface area (Å²) in [7, 11) is 0. The zero-order valence-electron chi connectivity index (χ0n) is 14.0. The van der Waals surface area contributed by atoms with Crippen molar-refractivity contribution in [3.8, 4) is 17.0 Å². The van der Waals surface area contributed by atoms with Gasteiger partial charge in [0.15, 0.2) is 0 Å². The number of halogens is 3. The molecule has 1 aromatic heterocycles. The molecule has 0 saturated carbocycles. The number of hydrogen-bond donors (Lipinski definition) is 1. The maximum atomic E-state index is 13.1. The van der Waals surface area contributed by atoms with Crippen LogP contribution in [0.1, 0.15) is 22.4 Å². The minimum Gasteiger partial charge on any atom is -0.488 e. The first-order valence-corrected chi connectivity index (χ1v) is 8.22. The van der Waals surface area contributed by atoms with Gasteiger partial charge in [0.2, 0.25) is 0 Å². The fourth-order valence-corrected chi connectivity index (χ4v) is 3.07. The summed E-state index contributed by atoms with van der Waals surface area (Å²) in [4.78, 5) is 3.32. The molecular formula is C21H16F3NO. The number of alkyl halides is 3. The highest BCUT2D eigenvalue weighted by molar-refractivity contribution is 5.85. The van der Waals surface area contributed by atoms with Gasteiger partial charge < -0.3 is 9.72 Å². The summed E-state index contributed by atoms with van der Waals surface area (Å²) in [5.41, 5.74) is 4.54. The van der Waals surface area contributed by atoms with Crippen molar-refractivity contribution < 1.29 is 17.9 Å². The normalized spacial score (nSPS) is 13.8. The lowest BCUT2D eigenvalue weighted by molar-refractivity contribution is -0.138. The number of hydrogen-bond acceptors (Lipinski definition) is 1. The standard InChI is InChI=1S/C21H16F3NO/c1-13-5-7-14(8-6-13)18-9-10-19(25-18)16-11-15-3-2-4-17(21(22,23)24)20(15)26-12-16/h2-11,25H,12H2,1H3. The van der Waals surface area contributed by atoms with Gasteiger partial charge in [-0.3, -0.25) is 0 Å². The molecule has 3 aromatic rings. The number of aromatic nitrogens is 1. The largest absolute Gasteiger partial charge is 0.488 e. The molecule has 0 aliphatic carbocycles. The summed E-state index contributed by atoms with van der Waals surface area (Å²) < 4.78 is 44.8. The van der Waals surface area contributed by atoms with Crippen LogP contribution in [0.2, 0.25) is 0 Å². The Morgan fingerprint density at radius 1 is 0.923 bits per heavy atom. The Kier molecular flexibility index (Phi) is 3.87. The molecule has 132 valence electrons. The van der Waals surface area contributed by atoms with E-state index in [1.807, 2.05) is 43.3 Å². The van der Waals surface area contributed by atoms with Gasteiger partial charge in [0.1, 0.15) is 12.4 Å². The fraction of sp³-hybridized carbons (Fsp3) is 0.143. The molecule has 0 bridgehead atoms. The van der Waals surface area contributed by atoms with Crippen molar-refractivity contribution in [1.29, 1.82) is 0 Å². The molecule has 0 radical (unpaired) electrons. The van der Waals surface area contributed by atoms with Crippen LogP contribution in [0.4, 0.5) is 13.2 Å². The van der Waals surface area contributed by atoms with Crippen molar-refractivity contribution in [2.45, 2.75) is 13.1 Å². The second-order valence-corrected chi connectivity index (χ2v) is 6.33. The summed E-state index contributed by atoms with van der Waals surface area (Å²) in [6, 6.07) is 16.1. The first-order valence-electron chi connectivity index (χ1n) is 8.22. The number of aryl methyl sites for hydroxylation is 1. The highest BCUT2D eigenvalue weighted by Crippen LogP contribution is 2.41. The molecule has 1 N–H and O–H groups in total. The molecule has 1 aliphatic rings. The molecule has 0 spiro atoms. The number of rotatable bonds is 2. The Labute approximate surface area is 148 Å². The van der Waals surface area contributed by atoms with Gasteiger partial charge in [-0.05, 0) is 36.8 Å². The molecule has 0 fully saturated rings. The molecule has 0 saturated heterocycles. The van der Waals surface area contributed by atoms with E-state index in [4.69, 9.17) is 4.74 Å². The SMILES string of the molecule is Cc1ccc(-c2ccc(C3=Cc4cccc(C(F)(F)F)c4OC3)[nH]2)cc1. The van der Waals surface area contributed by atoms with Crippen molar-refractivity contribution in [2.75, 3.05) is 6.61 Å². The van der Waals surface area contributed by atoms with Gasteiger partial charge >= 0.3 is 6.18 Å². The van der Waals surface area contributed by atoms with Gasteiger partial charge in [-0.1, -0.05) is 42.0 Å². The summed E-state index contributed by atoms with van der Waals surface area (Å²) in [6.07, 6.45) is -2.68. The molecule has 1 aliphatic heterocycles. The third-order valence-electron chi connectivity index (χ3n) is 4.45. The van der Waals surface area contributed by atoms with E-state index < -0.39 is 11.7 Å². The van der Waals surface area contributed by atoms with E-state index >= 15 is 0 Å². The van der Waals surface area contributed by atoms with Crippen LogP contribution in [0.3, 0.4) is 0 Å². The number of nitrogens with one attached hydrogen (secondary N) is 1. The predicted molar refractivity (Wildman–Crippen MR) is 95.8 cm³/mol. The topological polar surface area (TPSA) is 25.0 Å². The van der Waals surface area contributed by atoms with E-state index in [2.05, 4.69) is 4.98 Å². The molecule has 2 heterocycles. The summed E-state index contributed by atoms with van der Waals surface area (Å²) in [5, 5.41) is 0. The van der Waals surface area contributed by atoms with E-state index in [9.17, 15) is 13.2 Å². The third-order valence-corrected chi connectivity index (χ3v) is 4.45. The number of fused-ring (bicyclic) bond motifs is 1. The number of aromatic amines is 1. The van der Waals surface area contributed by atoms with Crippen molar-refractivity contribution in [2.24, 2.45) is 0 Å². The number of para-hydroxylation sites is 1. The molecule has 0 unspecified atom stereocenters. The Balaban J connectivity index is 1.68. The Morgan fingerprint density at radius 3 is 2.38 bits per heavy atom. The Hall–Kier alpha value is -2.95. The zero-order valence-corrected chi connectivity index (χ0v) is 14.0. The van der Waals surface area contributed by atoms with Crippen molar-refractivity contribution in [1.82, 2.24) is 4.98 Å². The van der Waals surface area contributed by atoms with E-state index in [1.165, 1.54) is 11.6 Å². The quantitative estimate of drug-likeness (QED) is 0.604. The van der Waals surface area contributed by atoms with E-state index in [0.29, 0.717) is 5.56 Å². The lowest BCUT2D eigenvalue weighted by atomic mass is 10.0. The smallest absolute Gasteiger partial charge is 0.419 e. The van der Waals surface area contributed by atoms with Gasteiger partial charge in [0.05, 0.1) is 5.56 Å². The summed E-state index contributed by atoms with van der Waals surface area (Å²) in [5.74, 6) is -0.103. The predicted octanol–water partition coefficient (Wildman–Crippen LogP) is 5.94. The first-order chi connectivity index (χ1) is 12.4. The van der Waals surface area contributed by atoms with Gasteiger partial charge in [-0.25, -0.2) is 0 Å². The van der Waals surface area contributed by atoms with Gasteiger partial charge in [-0.15, -0.1) is 0 Å². The Morgan fingerprint density at radius 2 is 1.65 bits per heavy atom. The van der Waals surface area contributed by atoms with Gasteiger partial charge in [0.25, 0.3) is 0 Å². The van der Waals surface area contributed by atoms with E-state index in [0.717, 1.165) is 28.6 Å². The third kappa shape index (κ3) is 3.01. The summed E-state index contributed by atoms with van der Waals surface area (Å²) >= 11 is 0. The lowest BCUT2D eigenvalue weighted by Crippen LogP contribution is -2.13. The fourth-order valence-electron chi connectivity index (χ4n) is 3.07. The highest BCUT2D eigenvalue weighted by Gasteiger charge is 2.36. The van der Waals surface area contributed by atoms with Crippen LogP contribution in [-0.2, 0) is 6.18 Å². The first kappa shape index (κ1) is 16.5. The van der Waals surface area contributed by atoms with Crippen molar-refractivity contribution in [3.05, 3.63) is 77.0 Å². The molecule has 5 heteroatoms. The van der Waals surface area contributed by atoms with E-state index in [1.54, 1.807) is 12.1 Å². The minimum absolute atomic E-state index is 0.0912. The van der Waals surface area contributed by atoms with Gasteiger partial charge in [0, 0.05) is 22.5 Å². The molecule has 26 heavy (non-hydrogen) atoms. The van der Waals surface area contributed by atoms with Crippen LogP contribution >= 0.6 is 0 Å². The lowest BCUT2D eigenvalue weighted by Gasteiger charge is -2.21. The maximum Gasteiger partial charge on any atom is 0.419 e. The number of H-pyrrole nitrogens is 1. The highest BCUT2D eigenvalue weighted by atomic mass is 19.4. The number of ether oxygens (including phenoxy) is 1. The Bertz CT molecular complexity index is 981. The zero-order chi connectivity index (χ0) is 18.3. The monoisotopic (exact) mass is 355 g/mol. The minimum atomic E-state index is -4.43. The van der Waals surface area contributed by atoms with Crippen LogP contribution in [0.25, 0.3) is 22.9 Å². The molecule has 0 amide bonds. The molecule has 0 atom stereocenters. The molecular weight excluding hydrogens is 339 g/mol. The second-order valence-electron chi connectivity index (χ2n) is 6.33. The van der Waals surface area contributed by atoms with Crippen LogP contribution in [-0.4, -0.2) is 11.6 Å². The van der Waals surface area contributed by atoms with Crippen LogP contribution in [0.15, 0.2) is 54.6 Å². The maximum absolute atomic E-state index is 13.1. The average molecular weight is 355 g/mol. The van der Waals surface area contributed by atoms with Crippen molar-refractivity contribution >= 4 is 11.6 Å². The molecule has 4 rings (SSSR count). The second kappa shape index (κ2) is 6.09.